The average Bonchev–Trinajstić information content (AvgIpc) is 2.00. The van der Waals surface area contributed by atoms with Crippen LogP contribution >= 0.6 is 0 Å². The molecule has 0 N–H and O–H groups in total. The van der Waals surface area contributed by atoms with Crippen LogP contribution in [0.3, 0.4) is 0 Å². The van der Waals surface area contributed by atoms with E-state index in [0.29, 0.717) is 18.0 Å². The van der Waals surface area contributed by atoms with Gasteiger partial charge in [0.1, 0.15) is 0 Å². The van der Waals surface area contributed by atoms with Crippen molar-refractivity contribution in [2.75, 3.05) is 0 Å². The van der Waals surface area contributed by atoms with Crippen molar-refractivity contribution in [1.29, 1.82) is 0 Å². The molecule has 0 heterocycles. The molecule has 0 saturated heterocycles. The number of hydrogen-bond donors (Lipinski definition) is 0. The molecule has 0 atom stereocenters. The van der Waals surface area contributed by atoms with Crippen molar-refractivity contribution >= 4 is 0 Å². The van der Waals surface area contributed by atoms with Crippen LogP contribution < -0.4 is 0 Å². The van der Waals surface area contributed by atoms with Gasteiger partial charge in [0.05, 0.1) is 2.74 Å². The van der Waals surface area contributed by atoms with Crippen LogP contribution in [0.1, 0.15) is 33.6 Å². The summed E-state index contributed by atoms with van der Waals surface area (Å²) >= 11 is 0. The van der Waals surface area contributed by atoms with Crippen molar-refractivity contribution < 1.29 is 2.74 Å². The monoisotopic (exact) mass is 136 g/mol. The van der Waals surface area contributed by atoms with E-state index in [-0.39, 0.29) is 0 Å². The quantitative estimate of drug-likeness (QED) is 0.556. The molecule has 10 heavy (non-hydrogen) atoms. The van der Waals surface area contributed by atoms with Crippen molar-refractivity contribution in [2.24, 2.45) is 0 Å². The minimum absolute atomic E-state index is 0.335. The van der Waals surface area contributed by atoms with E-state index >= 15 is 0 Å². The van der Waals surface area contributed by atoms with Crippen molar-refractivity contribution in [2.45, 2.75) is 26.7 Å². The third kappa shape index (κ3) is 1.60. The SMILES string of the molecule is [2H]c1c(C)ccc(C(C)C)c1[2H]. The normalized spacial score (nSPS) is 13.2. The van der Waals surface area contributed by atoms with Gasteiger partial charge in [-0.15, -0.1) is 0 Å². The highest BCUT2D eigenvalue weighted by atomic mass is 14.0. The van der Waals surface area contributed by atoms with Gasteiger partial charge in [-0.1, -0.05) is 43.6 Å². The lowest BCUT2D eigenvalue weighted by molar-refractivity contribution is 0.866. The molecular weight excluding hydrogens is 120 g/mol. The zero-order valence-corrected chi connectivity index (χ0v) is 6.73. The maximum Gasteiger partial charge on any atom is 0.0626 e. The summed E-state index contributed by atoms with van der Waals surface area (Å²) < 4.78 is 15.3. The Balaban J connectivity index is 3.27. The zero-order chi connectivity index (χ0) is 9.30. The molecule has 0 saturated carbocycles. The summed E-state index contributed by atoms with van der Waals surface area (Å²) in [5.74, 6) is 0.335. The second-order valence-electron chi connectivity index (χ2n) is 2.88. The first-order valence-electron chi connectivity index (χ1n) is 4.60. The zero-order valence-electron chi connectivity index (χ0n) is 8.73. The third-order valence-electron chi connectivity index (χ3n) is 1.54. The van der Waals surface area contributed by atoms with E-state index in [2.05, 4.69) is 0 Å². The van der Waals surface area contributed by atoms with Crippen LogP contribution in [0.5, 0.6) is 0 Å². The number of aryl methyl sites for hydroxylation is 1. The molecule has 0 nitrogen and oxygen atoms in total. The van der Waals surface area contributed by atoms with E-state index in [9.17, 15) is 0 Å². The van der Waals surface area contributed by atoms with Crippen LogP contribution in [0, 0.1) is 6.92 Å². The van der Waals surface area contributed by atoms with E-state index in [1.807, 2.05) is 32.9 Å². The molecule has 0 bridgehead atoms. The Morgan fingerprint density at radius 2 is 2.00 bits per heavy atom. The predicted octanol–water partition coefficient (Wildman–Crippen LogP) is 3.12. The summed E-state index contributed by atoms with van der Waals surface area (Å²) in [5.41, 5.74) is 1.84. The van der Waals surface area contributed by atoms with Crippen LogP contribution in [0.25, 0.3) is 0 Å². The predicted molar refractivity (Wildman–Crippen MR) is 45.3 cm³/mol. The second kappa shape index (κ2) is 2.87. The summed E-state index contributed by atoms with van der Waals surface area (Å²) in [5, 5.41) is 0. The Bertz CT molecular complexity index is 290. The highest BCUT2D eigenvalue weighted by Gasteiger charge is 1.95. The van der Waals surface area contributed by atoms with Crippen LogP contribution in [0.2, 0.25) is 0 Å². The molecule has 0 spiro atoms. The number of benzene rings is 1. The van der Waals surface area contributed by atoms with Crippen molar-refractivity contribution in [1.82, 2.24) is 0 Å². The first kappa shape index (κ1) is 4.95. The Labute approximate surface area is 65.7 Å². The Morgan fingerprint density at radius 3 is 2.60 bits per heavy atom. The van der Waals surface area contributed by atoms with Gasteiger partial charge >= 0.3 is 0 Å². The van der Waals surface area contributed by atoms with Gasteiger partial charge in [-0.05, 0) is 18.4 Å². The summed E-state index contributed by atoms with van der Waals surface area (Å²) in [6.45, 7) is 5.95. The fourth-order valence-corrected chi connectivity index (χ4v) is 0.806. The van der Waals surface area contributed by atoms with E-state index < -0.39 is 0 Å². The number of hydrogen-bond acceptors (Lipinski definition) is 0. The molecule has 0 aromatic heterocycles. The second-order valence-corrected chi connectivity index (χ2v) is 2.88. The van der Waals surface area contributed by atoms with E-state index in [1.165, 1.54) is 0 Å². The Kier molecular flexibility index (Phi) is 1.42. The van der Waals surface area contributed by atoms with Gasteiger partial charge in [-0.2, -0.15) is 0 Å². The molecule has 1 aromatic rings. The minimum Gasteiger partial charge on any atom is -0.0590 e. The lowest BCUT2D eigenvalue weighted by Gasteiger charge is -2.03. The van der Waals surface area contributed by atoms with Gasteiger partial charge in [-0.3, -0.25) is 0 Å². The molecule has 0 aliphatic rings. The van der Waals surface area contributed by atoms with Gasteiger partial charge in [0, 0.05) is 0 Å². The standard InChI is InChI=1S/C10H14/c1-8(2)10-6-4-9(3)5-7-10/h4-8H,1-3H3/i4D,6D. The molecule has 54 valence electrons. The Morgan fingerprint density at radius 1 is 1.30 bits per heavy atom. The summed E-state index contributed by atoms with van der Waals surface area (Å²) in [6, 6.07) is 4.60. The largest absolute Gasteiger partial charge is 0.0626 e. The van der Waals surface area contributed by atoms with Crippen LogP contribution in [0.4, 0.5) is 0 Å². The van der Waals surface area contributed by atoms with Crippen LogP contribution in [-0.4, -0.2) is 0 Å². The van der Waals surface area contributed by atoms with Gasteiger partial charge in [-0.25, -0.2) is 0 Å². The molecule has 0 heteroatoms. The highest BCUT2D eigenvalue weighted by Crippen LogP contribution is 2.13. The molecular formula is C10H14. The highest BCUT2D eigenvalue weighted by molar-refractivity contribution is 5.23. The van der Waals surface area contributed by atoms with E-state index in [0.717, 1.165) is 11.1 Å². The van der Waals surface area contributed by atoms with Gasteiger partial charge < -0.3 is 0 Å². The van der Waals surface area contributed by atoms with E-state index in [1.54, 1.807) is 0 Å². The topological polar surface area (TPSA) is 0 Å². The number of rotatable bonds is 1. The van der Waals surface area contributed by atoms with Crippen molar-refractivity contribution in [3.8, 4) is 0 Å². The van der Waals surface area contributed by atoms with Gasteiger partial charge in [0.25, 0.3) is 0 Å². The maximum absolute atomic E-state index is 7.68. The van der Waals surface area contributed by atoms with Crippen LogP contribution in [0.15, 0.2) is 24.2 Å². The molecule has 1 rings (SSSR count). The summed E-state index contributed by atoms with van der Waals surface area (Å²) in [7, 11) is 0. The Hall–Kier alpha value is -0.780. The van der Waals surface area contributed by atoms with Gasteiger partial charge in [0.15, 0.2) is 0 Å². The first-order chi connectivity index (χ1) is 5.54. The molecule has 0 amide bonds. The first-order valence-corrected chi connectivity index (χ1v) is 3.60. The molecule has 0 radical (unpaired) electrons. The fraction of sp³-hybridized carbons (Fsp3) is 0.400. The third-order valence-corrected chi connectivity index (χ3v) is 1.54. The van der Waals surface area contributed by atoms with Gasteiger partial charge in [0.2, 0.25) is 0 Å². The molecule has 0 aliphatic heterocycles. The van der Waals surface area contributed by atoms with Crippen molar-refractivity contribution in [3.05, 3.63) is 35.3 Å². The van der Waals surface area contributed by atoms with Crippen LogP contribution in [-0.2, 0) is 0 Å². The minimum atomic E-state index is 0.335. The smallest absolute Gasteiger partial charge is 0.0590 e. The maximum atomic E-state index is 7.68. The summed E-state index contributed by atoms with van der Waals surface area (Å²) in [4.78, 5) is 0. The lowest BCUT2D eigenvalue weighted by atomic mass is 10.0. The van der Waals surface area contributed by atoms with Crippen molar-refractivity contribution in [3.63, 3.8) is 0 Å². The summed E-state index contributed by atoms with van der Waals surface area (Å²) in [6.07, 6.45) is 0. The molecule has 1 aromatic carbocycles. The fourth-order valence-electron chi connectivity index (χ4n) is 0.806. The molecule has 0 unspecified atom stereocenters. The molecule has 0 aliphatic carbocycles. The molecule has 0 fully saturated rings. The lowest BCUT2D eigenvalue weighted by Crippen LogP contribution is -1.85. The van der Waals surface area contributed by atoms with E-state index in [4.69, 9.17) is 2.74 Å². The average molecular weight is 136 g/mol.